The van der Waals surface area contributed by atoms with Gasteiger partial charge in [0.05, 0.1) is 23.2 Å². The zero-order chi connectivity index (χ0) is 29.7. The van der Waals surface area contributed by atoms with Crippen molar-refractivity contribution < 1.29 is 24.5 Å². The van der Waals surface area contributed by atoms with E-state index in [0.29, 0.717) is 28.7 Å². The van der Waals surface area contributed by atoms with Gasteiger partial charge in [0.15, 0.2) is 0 Å². The van der Waals surface area contributed by atoms with Gasteiger partial charge in [0.1, 0.15) is 23.1 Å². The number of phenolic OH excluding ortho intramolecular Hbond substituents is 2. The Morgan fingerprint density at radius 2 is 1.61 bits per heavy atom. The molecule has 11 nitrogen and oxygen atoms in total. The fourth-order valence-electron chi connectivity index (χ4n) is 4.56. The normalized spacial score (nSPS) is 11.8. The number of amides is 1. The summed E-state index contributed by atoms with van der Waals surface area (Å²) in [5.74, 6) is -2.43. The van der Waals surface area contributed by atoms with E-state index >= 15 is 0 Å². The molecule has 3 aromatic carbocycles. The van der Waals surface area contributed by atoms with E-state index < -0.39 is 40.7 Å². The number of phenols is 2. The van der Waals surface area contributed by atoms with Crippen LogP contribution in [0.25, 0.3) is 16.6 Å². The number of fused-ring (bicyclic) bond motifs is 1. The van der Waals surface area contributed by atoms with Gasteiger partial charge in [0.2, 0.25) is 0 Å². The number of benzene rings is 3. The van der Waals surface area contributed by atoms with E-state index in [1.165, 1.54) is 22.8 Å². The first-order chi connectivity index (χ1) is 19.7. The largest absolute Gasteiger partial charge is 0.507 e. The highest BCUT2D eigenvalue weighted by atomic mass is 16.5. The van der Waals surface area contributed by atoms with E-state index in [-0.39, 0.29) is 18.6 Å². The maximum atomic E-state index is 13.4. The lowest BCUT2D eigenvalue weighted by Gasteiger charge is -2.18. The van der Waals surface area contributed by atoms with Crippen LogP contribution in [0.1, 0.15) is 35.3 Å². The molecular weight excluding hydrogens is 528 g/mol. The van der Waals surface area contributed by atoms with E-state index in [0.717, 1.165) is 16.7 Å². The predicted molar refractivity (Wildman–Crippen MR) is 154 cm³/mol. The van der Waals surface area contributed by atoms with Crippen molar-refractivity contribution in [3.05, 3.63) is 98.2 Å². The first kappa shape index (κ1) is 29.1. The van der Waals surface area contributed by atoms with E-state index in [1.54, 1.807) is 50.4 Å². The molecule has 1 amide bonds. The summed E-state index contributed by atoms with van der Waals surface area (Å²) in [6.07, 6.45) is 0.0115. The van der Waals surface area contributed by atoms with E-state index in [4.69, 9.17) is 4.74 Å². The lowest BCUT2D eigenvalue weighted by molar-refractivity contribution is -0.145. The molecule has 0 fully saturated rings. The Hall–Kier alpha value is -4.90. The first-order valence-electron chi connectivity index (χ1n) is 13.2. The second kappa shape index (κ2) is 12.5. The predicted octanol–water partition coefficient (Wildman–Crippen LogP) is 2.11. The average molecular weight is 561 g/mol. The number of carbonyl (C=O) groups excluding carboxylic acids is 2. The van der Waals surface area contributed by atoms with Gasteiger partial charge in [-0.2, -0.15) is 0 Å². The minimum absolute atomic E-state index is 0.0115. The highest BCUT2D eigenvalue weighted by Crippen LogP contribution is 2.26. The Kier molecular flexibility index (Phi) is 8.88. The van der Waals surface area contributed by atoms with Gasteiger partial charge in [-0.1, -0.05) is 31.2 Å². The first-order valence-corrected chi connectivity index (χ1v) is 13.2. The van der Waals surface area contributed by atoms with Gasteiger partial charge in [0.25, 0.3) is 11.5 Å². The number of aromatic hydroxyl groups is 2. The molecule has 1 aromatic heterocycles. The molecule has 0 aliphatic rings. The molecule has 41 heavy (non-hydrogen) atoms. The summed E-state index contributed by atoms with van der Waals surface area (Å²) in [6.45, 7) is 5.07. The van der Waals surface area contributed by atoms with Crippen molar-refractivity contribution in [1.29, 1.82) is 0 Å². The summed E-state index contributed by atoms with van der Waals surface area (Å²) in [5, 5.41) is 26.2. The number of carbonyl (C=O) groups is 2. The number of nitrogens with one attached hydrogen (secondary N) is 2. The molecule has 0 radical (unpaired) electrons. The smallest absolute Gasteiger partial charge is 0.335 e. The fraction of sp³-hybridized carbons (Fsp3) is 0.267. The van der Waals surface area contributed by atoms with Crippen LogP contribution in [0.5, 0.6) is 11.5 Å². The second-order valence-corrected chi connectivity index (χ2v) is 9.43. The number of rotatable bonds is 10. The minimum atomic E-state index is -1.14. The Balaban J connectivity index is 1.64. The van der Waals surface area contributed by atoms with E-state index in [2.05, 4.69) is 10.6 Å². The number of nitrogens with zero attached hydrogens (tertiary/aromatic N) is 2. The molecule has 4 rings (SSSR count). The molecule has 1 unspecified atom stereocenters. The summed E-state index contributed by atoms with van der Waals surface area (Å²) < 4.78 is 7.62. The van der Waals surface area contributed by atoms with E-state index in [9.17, 15) is 29.4 Å². The third kappa shape index (κ3) is 6.15. The van der Waals surface area contributed by atoms with Crippen molar-refractivity contribution in [3.8, 4) is 17.2 Å². The van der Waals surface area contributed by atoms with Gasteiger partial charge >= 0.3 is 11.7 Å². The molecular formula is C30H32N4O7. The molecule has 0 saturated heterocycles. The van der Waals surface area contributed by atoms with Crippen molar-refractivity contribution in [2.24, 2.45) is 7.05 Å². The van der Waals surface area contributed by atoms with Crippen LogP contribution < -0.4 is 21.9 Å². The molecule has 214 valence electrons. The topological polar surface area (TPSA) is 152 Å². The summed E-state index contributed by atoms with van der Waals surface area (Å²) in [5.41, 5.74) is 1.07. The van der Waals surface area contributed by atoms with Gasteiger partial charge in [-0.05, 0) is 61.0 Å². The van der Waals surface area contributed by atoms with Crippen molar-refractivity contribution in [2.75, 3.05) is 13.2 Å². The summed E-state index contributed by atoms with van der Waals surface area (Å²) in [4.78, 5) is 52.1. The van der Waals surface area contributed by atoms with Gasteiger partial charge in [0, 0.05) is 20.0 Å². The molecule has 0 spiro atoms. The number of aryl methyl sites for hydroxylation is 1. The van der Waals surface area contributed by atoms with Crippen LogP contribution >= 0.6 is 0 Å². The molecule has 0 saturated carbocycles. The number of esters is 1. The summed E-state index contributed by atoms with van der Waals surface area (Å²) >= 11 is 0. The molecule has 1 heterocycles. The maximum absolute atomic E-state index is 13.4. The number of ether oxygens (including phenoxy) is 1. The van der Waals surface area contributed by atoms with Crippen LogP contribution in [0.3, 0.4) is 0 Å². The summed E-state index contributed by atoms with van der Waals surface area (Å²) in [6, 6.07) is 14.6. The van der Waals surface area contributed by atoms with Gasteiger partial charge in [-0.15, -0.1) is 0 Å². The van der Waals surface area contributed by atoms with Crippen LogP contribution in [0.2, 0.25) is 0 Å². The third-order valence-electron chi connectivity index (χ3n) is 6.67. The molecule has 4 N–H and O–H groups in total. The zero-order valence-corrected chi connectivity index (χ0v) is 23.0. The zero-order valence-electron chi connectivity index (χ0n) is 23.0. The fourth-order valence-corrected chi connectivity index (χ4v) is 4.56. The lowest BCUT2D eigenvalue weighted by atomic mass is 10.0. The number of aromatic nitrogens is 2. The summed E-state index contributed by atoms with van der Waals surface area (Å²) in [7, 11) is 1.61. The maximum Gasteiger partial charge on any atom is 0.335 e. The standard InChI is InChI=1S/C30H32N4O7/c1-4-31-17-19-11-14-23-21(15-19)28(38)34(30(40)33(23)3)20-12-9-18(10-13-20)16-22(29(39)41-5-2)32-27(37)26-24(35)7-6-8-25(26)36/h6-15,22,31,35-36H,4-5,16-17H2,1-3H3,(H,32,37). The van der Waals surface area contributed by atoms with Crippen molar-refractivity contribution in [1.82, 2.24) is 19.8 Å². The highest BCUT2D eigenvalue weighted by molar-refractivity contribution is 6.01. The van der Waals surface area contributed by atoms with Crippen molar-refractivity contribution in [2.45, 2.75) is 32.9 Å². The van der Waals surface area contributed by atoms with Gasteiger partial charge in [-0.3, -0.25) is 14.2 Å². The van der Waals surface area contributed by atoms with Gasteiger partial charge < -0.3 is 25.6 Å². The number of hydrogen-bond acceptors (Lipinski definition) is 8. The molecule has 0 aliphatic carbocycles. The van der Waals surface area contributed by atoms with Crippen LogP contribution in [-0.4, -0.2) is 50.4 Å². The Bertz CT molecular complexity index is 1690. The van der Waals surface area contributed by atoms with Crippen LogP contribution in [0.4, 0.5) is 0 Å². The lowest BCUT2D eigenvalue weighted by Crippen LogP contribution is -2.43. The SMILES string of the molecule is CCNCc1ccc2c(c1)c(=O)n(-c1ccc(CC(NC(=O)c3c(O)cccc3O)C(=O)OCC)cc1)c(=O)n2C. The highest BCUT2D eigenvalue weighted by Gasteiger charge is 2.26. The van der Waals surface area contributed by atoms with Crippen molar-refractivity contribution >= 4 is 22.8 Å². The average Bonchev–Trinajstić information content (AvgIpc) is 2.95. The molecule has 11 heteroatoms. The van der Waals surface area contributed by atoms with Crippen LogP contribution in [0.15, 0.2) is 70.3 Å². The van der Waals surface area contributed by atoms with Crippen molar-refractivity contribution in [3.63, 3.8) is 0 Å². The Morgan fingerprint density at radius 1 is 0.951 bits per heavy atom. The van der Waals surface area contributed by atoms with Crippen LogP contribution in [0, 0.1) is 0 Å². The Labute approximate surface area is 235 Å². The quantitative estimate of drug-likeness (QED) is 0.215. The minimum Gasteiger partial charge on any atom is -0.507 e. The van der Waals surface area contributed by atoms with Gasteiger partial charge in [-0.25, -0.2) is 14.2 Å². The Morgan fingerprint density at radius 3 is 2.24 bits per heavy atom. The molecule has 4 aromatic rings. The second-order valence-electron chi connectivity index (χ2n) is 9.43. The number of hydrogen-bond donors (Lipinski definition) is 4. The monoisotopic (exact) mass is 560 g/mol. The van der Waals surface area contributed by atoms with E-state index in [1.807, 2.05) is 13.0 Å². The van der Waals surface area contributed by atoms with Crippen LogP contribution in [-0.2, 0) is 29.5 Å². The molecule has 0 bridgehead atoms. The third-order valence-corrected chi connectivity index (χ3v) is 6.67. The molecule has 0 aliphatic heterocycles. The molecule has 1 atom stereocenters.